The van der Waals surface area contributed by atoms with Crippen molar-refractivity contribution in [3.05, 3.63) is 35.4 Å². The van der Waals surface area contributed by atoms with Crippen molar-refractivity contribution < 1.29 is 9.53 Å². The second kappa shape index (κ2) is 8.88. The number of likely N-dealkylation sites (N-methyl/N-ethyl adjacent to an activating group) is 1. The highest BCUT2D eigenvalue weighted by molar-refractivity contribution is 7.99. The van der Waals surface area contributed by atoms with Gasteiger partial charge >= 0.3 is 0 Å². The molecule has 1 atom stereocenters. The Balaban J connectivity index is 1.57. The van der Waals surface area contributed by atoms with Gasteiger partial charge in [0.05, 0.1) is 6.10 Å². The molecule has 2 saturated heterocycles. The van der Waals surface area contributed by atoms with Gasteiger partial charge in [0, 0.05) is 56.4 Å². The molecular weight excluding hydrogens is 320 g/mol. The summed E-state index contributed by atoms with van der Waals surface area (Å²) in [6.07, 6.45) is 2.39. The zero-order valence-electron chi connectivity index (χ0n) is 14.6. The Morgan fingerprint density at radius 1 is 1.29 bits per heavy atom. The summed E-state index contributed by atoms with van der Waals surface area (Å²) >= 11 is 2.03. The fourth-order valence-corrected chi connectivity index (χ4v) is 4.32. The maximum atomic E-state index is 12.7. The first-order valence-corrected chi connectivity index (χ1v) is 10.2. The van der Waals surface area contributed by atoms with Crippen LogP contribution in [0.15, 0.2) is 24.3 Å². The molecule has 1 amide bonds. The second-order valence-electron chi connectivity index (χ2n) is 6.56. The van der Waals surface area contributed by atoms with Gasteiger partial charge in [0.25, 0.3) is 5.91 Å². The molecule has 0 radical (unpaired) electrons. The predicted octanol–water partition coefficient (Wildman–Crippen LogP) is 2.88. The van der Waals surface area contributed by atoms with Gasteiger partial charge in [0.1, 0.15) is 0 Å². The van der Waals surface area contributed by atoms with Crippen molar-refractivity contribution in [2.24, 2.45) is 0 Å². The number of benzene rings is 1. The molecule has 4 nitrogen and oxygen atoms in total. The topological polar surface area (TPSA) is 32.8 Å². The van der Waals surface area contributed by atoms with Crippen molar-refractivity contribution >= 4 is 17.7 Å². The third-order valence-corrected chi connectivity index (χ3v) is 5.77. The van der Waals surface area contributed by atoms with Crippen LogP contribution in [0.25, 0.3) is 0 Å². The van der Waals surface area contributed by atoms with Crippen LogP contribution in [0.3, 0.4) is 0 Å². The molecule has 0 spiro atoms. The van der Waals surface area contributed by atoms with Crippen molar-refractivity contribution in [3.8, 4) is 0 Å². The van der Waals surface area contributed by atoms with E-state index in [4.69, 9.17) is 4.74 Å². The fourth-order valence-electron chi connectivity index (χ4n) is 3.34. The van der Waals surface area contributed by atoms with Crippen molar-refractivity contribution in [2.45, 2.75) is 32.4 Å². The lowest BCUT2D eigenvalue weighted by Crippen LogP contribution is -2.37. The van der Waals surface area contributed by atoms with Gasteiger partial charge in [0.2, 0.25) is 0 Å². The smallest absolute Gasteiger partial charge is 0.253 e. The average molecular weight is 349 g/mol. The standard InChI is InChI=1S/C19H28N2O2S/c1-2-21(15-18-4-3-11-23-18)19(22)17-7-5-16(6-8-17)14-20-9-12-24-13-10-20/h5-8,18H,2-4,9-15H2,1H3. The third kappa shape index (κ3) is 4.74. The van der Waals surface area contributed by atoms with Gasteiger partial charge in [-0.15, -0.1) is 0 Å². The van der Waals surface area contributed by atoms with E-state index in [-0.39, 0.29) is 12.0 Å². The first kappa shape index (κ1) is 17.8. The van der Waals surface area contributed by atoms with Crippen LogP contribution in [0.4, 0.5) is 0 Å². The Bertz CT molecular complexity index is 523. The Morgan fingerprint density at radius 2 is 2.04 bits per heavy atom. The van der Waals surface area contributed by atoms with Crippen LogP contribution in [0, 0.1) is 0 Å². The highest BCUT2D eigenvalue weighted by Gasteiger charge is 2.22. The summed E-state index contributed by atoms with van der Waals surface area (Å²) < 4.78 is 5.67. The van der Waals surface area contributed by atoms with Gasteiger partial charge in [-0.1, -0.05) is 12.1 Å². The summed E-state index contributed by atoms with van der Waals surface area (Å²) in [5.74, 6) is 2.57. The molecule has 2 aliphatic rings. The molecule has 0 bridgehead atoms. The molecule has 2 aliphatic heterocycles. The molecule has 1 aromatic rings. The van der Waals surface area contributed by atoms with Crippen LogP contribution in [0.1, 0.15) is 35.7 Å². The molecule has 1 aromatic carbocycles. The average Bonchev–Trinajstić information content (AvgIpc) is 3.14. The van der Waals surface area contributed by atoms with Gasteiger partial charge < -0.3 is 9.64 Å². The predicted molar refractivity (Wildman–Crippen MR) is 99.6 cm³/mol. The summed E-state index contributed by atoms with van der Waals surface area (Å²) in [7, 11) is 0. The van der Waals surface area contributed by atoms with E-state index < -0.39 is 0 Å². The van der Waals surface area contributed by atoms with Crippen LogP contribution in [0.5, 0.6) is 0 Å². The van der Waals surface area contributed by atoms with Gasteiger partial charge in [0.15, 0.2) is 0 Å². The van der Waals surface area contributed by atoms with Crippen LogP contribution in [-0.2, 0) is 11.3 Å². The minimum atomic E-state index is 0.119. The zero-order valence-corrected chi connectivity index (χ0v) is 15.4. The third-order valence-electron chi connectivity index (χ3n) is 4.83. The second-order valence-corrected chi connectivity index (χ2v) is 7.79. The molecule has 0 saturated carbocycles. The molecule has 0 aliphatic carbocycles. The van der Waals surface area contributed by atoms with Crippen LogP contribution < -0.4 is 0 Å². The monoisotopic (exact) mass is 348 g/mol. The van der Waals surface area contributed by atoms with Crippen LogP contribution >= 0.6 is 11.8 Å². The molecule has 132 valence electrons. The van der Waals surface area contributed by atoms with Crippen molar-refractivity contribution in [3.63, 3.8) is 0 Å². The molecule has 1 unspecified atom stereocenters. The summed E-state index contributed by atoms with van der Waals surface area (Å²) in [4.78, 5) is 17.1. The quantitative estimate of drug-likeness (QED) is 0.791. The highest BCUT2D eigenvalue weighted by Crippen LogP contribution is 2.17. The van der Waals surface area contributed by atoms with Crippen molar-refractivity contribution in [1.82, 2.24) is 9.80 Å². The van der Waals surface area contributed by atoms with Crippen LogP contribution in [0.2, 0.25) is 0 Å². The molecule has 0 aromatic heterocycles. The molecule has 3 rings (SSSR count). The van der Waals surface area contributed by atoms with Crippen molar-refractivity contribution in [2.75, 3.05) is 44.3 Å². The number of amides is 1. The van der Waals surface area contributed by atoms with E-state index in [1.54, 1.807) is 0 Å². The van der Waals surface area contributed by atoms with E-state index in [9.17, 15) is 4.79 Å². The Morgan fingerprint density at radius 3 is 2.67 bits per heavy atom. The summed E-state index contributed by atoms with van der Waals surface area (Å²) in [5.41, 5.74) is 2.08. The number of nitrogens with zero attached hydrogens (tertiary/aromatic N) is 2. The molecule has 24 heavy (non-hydrogen) atoms. The summed E-state index contributed by atoms with van der Waals surface area (Å²) in [6.45, 7) is 7.62. The minimum Gasteiger partial charge on any atom is -0.376 e. The number of carbonyl (C=O) groups excluding carboxylic acids is 1. The number of carbonyl (C=O) groups is 1. The maximum Gasteiger partial charge on any atom is 0.253 e. The molecule has 2 heterocycles. The fraction of sp³-hybridized carbons (Fsp3) is 0.632. The Hall–Kier alpha value is -1.04. The van der Waals surface area contributed by atoms with E-state index in [1.165, 1.54) is 17.1 Å². The largest absolute Gasteiger partial charge is 0.376 e. The number of rotatable bonds is 6. The van der Waals surface area contributed by atoms with Gasteiger partial charge in [-0.05, 0) is 37.5 Å². The van der Waals surface area contributed by atoms with Gasteiger partial charge in [-0.3, -0.25) is 9.69 Å². The zero-order chi connectivity index (χ0) is 16.8. The normalized spacial score (nSPS) is 21.8. The maximum absolute atomic E-state index is 12.7. The lowest BCUT2D eigenvalue weighted by molar-refractivity contribution is 0.0539. The number of hydrogen-bond acceptors (Lipinski definition) is 4. The molecule has 2 fully saturated rings. The lowest BCUT2D eigenvalue weighted by Gasteiger charge is -2.26. The first-order valence-electron chi connectivity index (χ1n) is 9.06. The Labute approximate surface area is 149 Å². The van der Waals surface area contributed by atoms with E-state index in [0.717, 1.165) is 51.2 Å². The number of thioether (sulfide) groups is 1. The van der Waals surface area contributed by atoms with E-state index in [0.29, 0.717) is 6.54 Å². The van der Waals surface area contributed by atoms with Crippen molar-refractivity contribution in [1.29, 1.82) is 0 Å². The number of ether oxygens (including phenoxy) is 1. The van der Waals surface area contributed by atoms with Crippen LogP contribution in [-0.4, -0.2) is 66.1 Å². The molecule has 0 N–H and O–H groups in total. The minimum absolute atomic E-state index is 0.119. The molecule has 5 heteroatoms. The molecular formula is C19H28N2O2S. The van der Waals surface area contributed by atoms with E-state index in [1.807, 2.05) is 35.7 Å². The lowest BCUT2D eigenvalue weighted by atomic mass is 10.1. The van der Waals surface area contributed by atoms with Gasteiger partial charge in [-0.2, -0.15) is 11.8 Å². The number of hydrogen-bond donors (Lipinski definition) is 0. The Kier molecular flexibility index (Phi) is 6.58. The summed E-state index contributed by atoms with van der Waals surface area (Å²) in [6, 6.07) is 8.17. The summed E-state index contributed by atoms with van der Waals surface area (Å²) in [5, 5.41) is 0. The first-order chi connectivity index (χ1) is 11.8. The van der Waals surface area contributed by atoms with Gasteiger partial charge in [-0.25, -0.2) is 0 Å². The van der Waals surface area contributed by atoms with E-state index in [2.05, 4.69) is 17.0 Å². The highest BCUT2D eigenvalue weighted by atomic mass is 32.2. The SMILES string of the molecule is CCN(CC1CCCO1)C(=O)c1ccc(CN2CCSCC2)cc1. The van der Waals surface area contributed by atoms with E-state index >= 15 is 0 Å².